The van der Waals surface area contributed by atoms with E-state index in [2.05, 4.69) is 15.0 Å². The first-order valence-electron chi connectivity index (χ1n) is 9.28. The minimum Gasteiger partial charge on any atom is -0.497 e. The number of hydrogen-bond donors (Lipinski definition) is 3. The fraction of sp³-hybridized carbons (Fsp3) is 0.421. The first kappa shape index (κ1) is 20.6. The van der Waals surface area contributed by atoms with Crippen LogP contribution in [0.25, 0.3) is 11.2 Å². The predicted octanol–water partition coefficient (Wildman–Crippen LogP) is 1.38. The lowest BCUT2D eigenvalue weighted by Gasteiger charge is -2.27. The van der Waals surface area contributed by atoms with Gasteiger partial charge in [-0.25, -0.2) is 15.0 Å². The zero-order chi connectivity index (χ0) is 21.5. The van der Waals surface area contributed by atoms with Gasteiger partial charge in [-0.1, -0.05) is 11.6 Å². The van der Waals surface area contributed by atoms with Gasteiger partial charge in [-0.15, -0.1) is 0 Å². The largest absolute Gasteiger partial charge is 0.497 e. The number of methoxy groups -OCH3 is 1. The van der Waals surface area contributed by atoms with Gasteiger partial charge in [0.2, 0.25) is 6.29 Å². The van der Waals surface area contributed by atoms with Gasteiger partial charge in [0.1, 0.15) is 41.2 Å². The third kappa shape index (κ3) is 3.63. The molecule has 30 heavy (non-hydrogen) atoms. The first-order valence-corrected chi connectivity index (χ1v) is 9.65. The number of aromatic nitrogens is 4. The summed E-state index contributed by atoms with van der Waals surface area (Å²) < 4.78 is 18.5. The molecule has 1 aliphatic rings. The van der Waals surface area contributed by atoms with Crippen LogP contribution in [0, 0.1) is 0 Å². The molecule has 0 aliphatic carbocycles. The lowest BCUT2D eigenvalue weighted by atomic mass is 9.94. The van der Waals surface area contributed by atoms with Crippen LogP contribution in [0.5, 0.6) is 11.5 Å². The Morgan fingerprint density at radius 2 is 2.10 bits per heavy atom. The number of hydrogen-bond acceptors (Lipinski definition) is 9. The standard InChI is InChI=1S/C19H22ClN5O5/c1-19(5-6-25-9-24-17-13(25)16(21)22-8-23-17)15(27)14(26)18(30-19)29-12-4-3-10(28-2)7-11(12)20/h3-4,7-9,14-15,18,26-27H,5-6H2,1-2H3,(H2,21,22,23)/t14-,15+,18-,19+/m0/s1. The molecule has 4 N–H and O–H groups in total. The predicted molar refractivity (Wildman–Crippen MR) is 108 cm³/mol. The zero-order valence-electron chi connectivity index (χ0n) is 16.4. The number of benzene rings is 1. The van der Waals surface area contributed by atoms with Crippen LogP contribution in [-0.2, 0) is 11.3 Å². The number of ether oxygens (including phenoxy) is 3. The second-order valence-electron chi connectivity index (χ2n) is 7.27. The number of fused-ring (bicyclic) bond motifs is 1. The van der Waals surface area contributed by atoms with Crippen molar-refractivity contribution in [3.05, 3.63) is 35.9 Å². The number of aliphatic hydroxyl groups is 2. The van der Waals surface area contributed by atoms with Crippen molar-refractivity contribution < 1.29 is 24.4 Å². The van der Waals surface area contributed by atoms with Crippen LogP contribution in [0.15, 0.2) is 30.9 Å². The van der Waals surface area contributed by atoms with Gasteiger partial charge < -0.3 is 34.7 Å². The molecule has 0 spiro atoms. The van der Waals surface area contributed by atoms with Crippen LogP contribution >= 0.6 is 11.6 Å². The average Bonchev–Trinajstić information content (AvgIpc) is 3.24. The molecular weight excluding hydrogens is 414 g/mol. The summed E-state index contributed by atoms with van der Waals surface area (Å²) in [4.78, 5) is 12.3. The molecule has 4 rings (SSSR count). The van der Waals surface area contributed by atoms with Crippen LogP contribution < -0.4 is 15.2 Å². The van der Waals surface area contributed by atoms with Crippen molar-refractivity contribution in [3.8, 4) is 11.5 Å². The van der Waals surface area contributed by atoms with Crippen molar-refractivity contribution >= 4 is 28.6 Å². The van der Waals surface area contributed by atoms with Crippen molar-refractivity contribution in [1.82, 2.24) is 19.5 Å². The van der Waals surface area contributed by atoms with E-state index in [9.17, 15) is 10.2 Å². The third-order valence-corrected chi connectivity index (χ3v) is 5.58. The molecular formula is C19H22ClN5O5. The summed E-state index contributed by atoms with van der Waals surface area (Å²) in [5, 5.41) is 21.4. The van der Waals surface area contributed by atoms with Crippen molar-refractivity contribution in [1.29, 1.82) is 0 Å². The summed E-state index contributed by atoms with van der Waals surface area (Å²) in [6.45, 7) is 2.11. The van der Waals surface area contributed by atoms with Gasteiger partial charge >= 0.3 is 0 Å². The molecule has 11 heteroatoms. The van der Waals surface area contributed by atoms with Crippen LogP contribution in [0.2, 0.25) is 5.02 Å². The molecule has 0 unspecified atom stereocenters. The summed E-state index contributed by atoms with van der Waals surface area (Å²) in [6.07, 6.45) is -0.237. The fourth-order valence-corrected chi connectivity index (χ4v) is 3.71. The van der Waals surface area contributed by atoms with Gasteiger partial charge in [-0.2, -0.15) is 0 Å². The quantitative estimate of drug-likeness (QED) is 0.524. The lowest BCUT2D eigenvalue weighted by molar-refractivity contribution is -0.144. The highest BCUT2D eigenvalue weighted by Crippen LogP contribution is 2.38. The minimum absolute atomic E-state index is 0.300. The summed E-state index contributed by atoms with van der Waals surface area (Å²) in [6, 6.07) is 4.87. The van der Waals surface area contributed by atoms with Crippen molar-refractivity contribution in [3.63, 3.8) is 0 Å². The smallest absolute Gasteiger partial charge is 0.229 e. The van der Waals surface area contributed by atoms with Gasteiger partial charge in [0.15, 0.2) is 11.5 Å². The highest BCUT2D eigenvalue weighted by atomic mass is 35.5. The number of halogens is 1. The van der Waals surface area contributed by atoms with Crippen LogP contribution in [-0.4, -0.2) is 60.9 Å². The summed E-state index contributed by atoms with van der Waals surface area (Å²) in [7, 11) is 1.53. The highest BCUT2D eigenvalue weighted by molar-refractivity contribution is 6.32. The lowest BCUT2D eigenvalue weighted by Crippen LogP contribution is -2.41. The number of nitrogens with zero attached hydrogens (tertiary/aromatic N) is 4. The Labute approximate surface area is 177 Å². The topological polar surface area (TPSA) is 138 Å². The molecule has 1 saturated heterocycles. The number of nitrogen functional groups attached to an aromatic ring is 1. The number of aliphatic hydroxyl groups excluding tert-OH is 2. The zero-order valence-corrected chi connectivity index (χ0v) is 17.2. The molecule has 1 aromatic carbocycles. The second-order valence-corrected chi connectivity index (χ2v) is 7.67. The molecule has 160 valence electrons. The van der Waals surface area contributed by atoms with E-state index in [1.807, 2.05) is 0 Å². The normalized spacial score (nSPS) is 26.2. The van der Waals surface area contributed by atoms with E-state index in [1.54, 1.807) is 36.0 Å². The Balaban J connectivity index is 1.49. The molecule has 1 fully saturated rings. The Hall–Kier alpha value is -2.66. The number of anilines is 1. The van der Waals surface area contributed by atoms with Crippen molar-refractivity contribution in [2.75, 3.05) is 12.8 Å². The third-order valence-electron chi connectivity index (χ3n) is 5.28. The van der Waals surface area contributed by atoms with Gasteiger partial charge in [0.25, 0.3) is 0 Å². The van der Waals surface area contributed by atoms with E-state index in [4.69, 9.17) is 31.5 Å². The van der Waals surface area contributed by atoms with E-state index >= 15 is 0 Å². The summed E-state index contributed by atoms with van der Waals surface area (Å²) in [5.41, 5.74) is 5.94. The second kappa shape index (κ2) is 7.88. The van der Waals surface area contributed by atoms with E-state index in [-0.39, 0.29) is 0 Å². The maximum absolute atomic E-state index is 10.6. The van der Waals surface area contributed by atoms with E-state index < -0.39 is 24.1 Å². The highest BCUT2D eigenvalue weighted by Gasteiger charge is 2.52. The monoisotopic (exact) mass is 435 g/mol. The van der Waals surface area contributed by atoms with Crippen LogP contribution in [0.3, 0.4) is 0 Å². The number of nitrogens with two attached hydrogens (primary N) is 1. The van der Waals surface area contributed by atoms with E-state index in [0.29, 0.717) is 46.5 Å². The van der Waals surface area contributed by atoms with Crippen LogP contribution in [0.1, 0.15) is 13.3 Å². The minimum atomic E-state index is -1.26. The van der Waals surface area contributed by atoms with Crippen LogP contribution in [0.4, 0.5) is 5.82 Å². The Kier molecular flexibility index (Phi) is 5.41. The van der Waals surface area contributed by atoms with Gasteiger partial charge in [0, 0.05) is 12.6 Å². The Bertz CT molecular complexity index is 1060. The molecule has 3 heterocycles. The molecule has 0 amide bonds. The molecule has 10 nitrogen and oxygen atoms in total. The molecule has 0 radical (unpaired) electrons. The Morgan fingerprint density at radius 3 is 2.83 bits per heavy atom. The molecule has 1 aliphatic heterocycles. The number of imidazole rings is 1. The van der Waals surface area contributed by atoms with E-state index in [1.165, 1.54) is 13.4 Å². The van der Waals surface area contributed by atoms with Gasteiger partial charge in [-0.05, 0) is 25.5 Å². The number of rotatable bonds is 6. The number of aryl methyl sites for hydroxylation is 1. The summed E-state index contributed by atoms with van der Waals surface area (Å²) >= 11 is 6.20. The first-order chi connectivity index (χ1) is 14.3. The SMILES string of the molecule is COc1ccc(O[C@H]2O[C@](C)(CCn3cnc4ncnc(N)c43)[C@H](O)[C@@H]2O)c(Cl)c1. The van der Waals surface area contributed by atoms with E-state index in [0.717, 1.165) is 0 Å². The maximum Gasteiger partial charge on any atom is 0.229 e. The molecule has 0 saturated carbocycles. The maximum atomic E-state index is 10.6. The van der Waals surface area contributed by atoms with Crippen molar-refractivity contribution in [2.24, 2.45) is 0 Å². The fourth-order valence-electron chi connectivity index (χ4n) is 3.49. The Morgan fingerprint density at radius 1 is 1.30 bits per heavy atom. The molecule has 4 atom stereocenters. The van der Waals surface area contributed by atoms with Gasteiger partial charge in [-0.3, -0.25) is 0 Å². The molecule has 2 aromatic heterocycles. The molecule has 0 bridgehead atoms. The van der Waals surface area contributed by atoms with Crippen molar-refractivity contribution in [2.45, 2.75) is 44.0 Å². The molecule has 3 aromatic rings. The summed E-state index contributed by atoms with van der Waals surface area (Å²) in [5.74, 6) is 1.19. The van der Waals surface area contributed by atoms with Gasteiger partial charge in [0.05, 0.1) is 18.5 Å². The average molecular weight is 436 g/mol.